The summed E-state index contributed by atoms with van der Waals surface area (Å²) >= 11 is 0. The topological polar surface area (TPSA) is 93.1 Å². The predicted molar refractivity (Wildman–Crippen MR) is 112 cm³/mol. The van der Waals surface area contributed by atoms with E-state index in [1.807, 2.05) is 54.6 Å². The van der Waals surface area contributed by atoms with Gasteiger partial charge >= 0.3 is 0 Å². The van der Waals surface area contributed by atoms with Gasteiger partial charge in [-0.1, -0.05) is 30.3 Å². The van der Waals surface area contributed by atoms with E-state index in [2.05, 4.69) is 15.1 Å². The number of benzene rings is 2. The van der Waals surface area contributed by atoms with Crippen LogP contribution in [0.25, 0.3) is 11.0 Å². The maximum Gasteiger partial charge on any atom is 0.274 e. The number of fused-ring (bicyclic) bond motifs is 1. The van der Waals surface area contributed by atoms with Gasteiger partial charge in [0.25, 0.3) is 11.5 Å². The van der Waals surface area contributed by atoms with Gasteiger partial charge in [0, 0.05) is 13.1 Å². The zero-order chi connectivity index (χ0) is 20.9. The van der Waals surface area contributed by atoms with Gasteiger partial charge in [-0.2, -0.15) is 5.10 Å². The van der Waals surface area contributed by atoms with Crippen LogP contribution in [0.15, 0.2) is 71.5 Å². The minimum atomic E-state index is -0.298. The average molecular weight is 403 g/mol. The van der Waals surface area contributed by atoms with Crippen molar-refractivity contribution in [1.82, 2.24) is 24.6 Å². The molecule has 4 aromatic rings. The van der Waals surface area contributed by atoms with E-state index in [9.17, 15) is 9.59 Å². The van der Waals surface area contributed by atoms with E-state index in [1.165, 1.54) is 21.7 Å². The van der Waals surface area contributed by atoms with Crippen LogP contribution in [-0.4, -0.2) is 44.2 Å². The van der Waals surface area contributed by atoms with Crippen molar-refractivity contribution in [3.8, 4) is 5.75 Å². The Hall–Kier alpha value is -3.94. The van der Waals surface area contributed by atoms with E-state index >= 15 is 0 Å². The normalized spacial score (nSPS) is 10.8. The fraction of sp³-hybridized carbons (Fsp3) is 0.182. The lowest BCUT2D eigenvalue weighted by atomic mass is 10.3. The first kappa shape index (κ1) is 19.4. The highest BCUT2D eigenvalue weighted by Gasteiger charge is 2.16. The summed E-state index contributed by atoms with van der Waals surface area (Å²) < 4.78 is 6.85. The number of amides is 1. The Bertz CT molecular complexity index is 1180. The van der Waals surface area contributed by atoms with Crippen LogP contribution < -0.4 is 10.3 Å². The largest absolute Gasteiger partial charge is 0.492 e. The third-order valence-corrected chi connectivity index (χ3v) is 4.57. The van der Waals surface area contributed by atoms with Crippen LogP contribution in [0.3, 0.4) is 0 Å². The van der Waals surface area contributed by atoms with Gasteiger partial charge < -0.3 is 14.6 Å². The van der Waals surface area contributed by atoms with Crippen molar-refractivity contribution in [2.75, 3.05) is 13.7 Å². The molecular weight excluding hydrogens is 382 g/mol. The molecule has 0 saturated carbocycles. The van der Waals surface area contributed by atoms with Crippen molar-refractivity contribution < 1.29 is 9.53 Å². The fourth-order valence-corrected chi connectivity index (χ4v) is 3.06. The zero-order valence-electron chi connectivity index (χ0n) is 16.5. The predicted octanol–water partition coefficient (Wildman–Crippen LogP) is 2.47. The number of hydrogen-bond donors (Lipinski definition) is 1. The first-order valence-electron chi connectivity index (χ1n) is 9.55. The molecule has 0 aliphatic rings. The summed E-state index contributed by atoms with van der Waals surface area (Å²) in [5, 5.41) is 4.21. The van der Waals surface area contributed by atoms with E-state index in [4.69, 9.17) is 4.74 Å². The molecule has 0 saturated heterocycles. The van der Waals surface area contributed by atoms with Gasteiger partial charge in [0.05, 0.1) is 24.1 Å². The SMILES string of the molecule is CN(Cc1nc2ccccc2[nH]1)C(=O)c1ccc(=O)n(CCOc2ccccc2)n1. The van der Waals surface area contributed by atoms with Gasteiger partial charge in [-0.15, -0.1) is 0 Å². The molecule has 30 heavy (non-hydrogen) atoms. The van der Waals surface area contributed by atoms with Crippen molar-refractivity contribution >= 4 is 16.9 Å². The maximum absolute atomic E-state index is 12.8. The number of hydrogen-bond acceptors (Lipinski definition) is 5. The molecule has 1 N–H and O–H groups in total. The summed E-state index contributed by atoms with van der Waals surface area (Å²) in [5.41, 5.74) is 1.66. The van der Waals surface area contributed by atoms with E-state index in [0.29, 0.717) is 18.1 Å². The molecule has 0 fully saturated rings. The van der Waals surface area contributed by atoms with Crippen LogP contribution in [0.4, 0.5) is 0 Å². The van der Waals surface area contributed by atoms with Crippen LogP contribution in [0.5, 0.6) is 5.75 Å². The smallest absolute Gasteiger partial charge is 0.274 e. The summed E-state index contributed by atoms with van der Waals surface area (Å²) in [6.45, 7) is 0.803. The van der Waals surface area contributed by atoms with Gasteiger partial charge in [0.1, 0.15) is 23.9 Å². The number of rotatable bonds is 7. The van der Waals surface area contributed by atoms with Gasteiger partial charge in [-0.3, -0.25) is 9.59 Å². The van der Waals surface area contributed by atoms with Crippen LogP contribution >= 0.6 is 0 Å². The first-order chi connectivity index (χ1) is 14.6. The quantitative estimate of drug-likeness (QED) is 0.512. The number of ether oxygens (including phenoxy) is 1. The van der Waals surface area contributed by atoms with Crippen LogP contribution in [0.1, 0.15) is 16.3 Å². The number of H-pyrrole nitrogens is 1. The van der Waals surface area contributed by atoms with Gasteiger partial charge in [-0.25, -0.2) is 9.67 Å². The molecule has 0 aliphatic carbocycles. The third-order valence-electron chi connectivity index (χ3n) is 4.57. The molecule has 2 aromatic heterocycles. The lowest BCUT2D eigenvalue weighted by molar-refractivity contribution is 0.0772. The van der Waals surface area contributed by atoms with Crippen molar-refractivity contribution in [2.24, 2.45) is 0 Å². The second kappa shape index (κ2) is 8.60. The number of aromatic amines is 1. The standard InChI is InChI=1S/C22H21N5O3/c1-26(15-20-23-17-9-5-6-10-18(17)24-20)22(29)19-11-12-21(28)27(25-19)13-14-30-16-7-3-2-4-8-16/h2-12H,13-15H2,1H3,(H,23,24). The molecule has 2 heterocycles. The lowest BCUT2D eigenvalue weighted by Gasteiger charge is -2.16. The van der Waals surface area contributed by atoms with Crippen LogP contribution in [0.2, 0.25) is 0 Å². The molecule has 8 nitrogen and oxygen atoms in total. The molecule has 0 bridgehead atoms. The second-order valence-corrected chi connectivity index (χ2v) is 6.80. The summed E-state index contributed by atoms with van der Waals surface area (Å²) in [6.07, 6.45) is 0. The minimum absolute atomic E-state index is 0.188. The van der Waals surface area contributed by atoms with Gasteiger partial charge in [0.2, 0.25) is 0 Å². The first-order valence-corrected chi connectivity index (χ1v) is 9.55. The minimum Gasteiger partial charge on any atom is -0.492 e. The van der Waals surface area contributed by atoms with E-state index < -0.39 is 0 Å². The molecule has 0 radical (unpaired) electrons. The summed E-state index contributed by atoms with van der Waals surface area (Å²) in [4.78, 5) is 34.1. The highest BCUT2D eigenvalue weighted by atomic mass is 16.5. The molecule has 0 unspecified atom stereocenters. The van der Waals surface area contributed by atoms with E-state index in [-0.39, 0.29) is 30.3 Å². The lowest BCUT2D eigenvalue weighted by Crippen LogP contribution is -2.32. The Kier molecular flexibility index (Phi) is 5.56. The Labute approximate surface area is 172 Å². The van der Waals surface area contributed by atoms with Crippen LogP contribution in [-0.2, 0) is 13.1 Å². The fourth-order valence-electron chi connectivity index (χ4n) is 3.06. The molecule has 0 spiro atoms. The average Bonchev–Trinajstić information content (AvgIpc) is 3.17. The molecule has 4 rings (SSSR count). The Morgan fingerprint density at radius 2 is 1.83 bits per heavy atom. The number of imidazole rings is 1. The number of aromatic nitrogens is 4. The highest BCUT2D eigenvalue weighted by Crippen LogP contribution is 2.12. The Balaban J connectivity index is 1.42. The number of carbonyl (C=O) groups is 1. The summed E-state index contributed by atoms with van der Waals surface area (Å²) in [5.74, 6) is 1.09. The maximum atomic E-state index is 12.8. The molecule has 2 aromatic carbocycles. The molecule has 8 heteroatoms. The van der Waals surface area contributed by atoms with Gasteiger partial charge in [0.15, 0.2) is 0 Å². The molecule has 0 aliphatic heterocycles. The Morgan fingerprint density at radius 3 is 2.63 bits per heavy atom. The summed E-state index contributed by atoms with van der Waals surface area (Å²) in [7, 11) is 1.67. The monoisotopic (exact) mass is 403 g/mol. The molecule has 0 atom stereocenters. The number of nitrogens with one attached hydrogen (secondary N) is 1. The van der Waals surface area contributed by atoms with Crippen molar-refractivity contribution in [3.63, 3.8) is 0 Å². The van der Waals surface area contributed by atoms with Gasteiger partial charge in [-0.05, 0) is 30.3 Å². The number of para-hydroxylation sites is 3. The number of nitrogens with zero attached hydrogens (tertiary/aromatic N) is 4. The molecule has 152 valence electrons. The Morgan fingerprint density at radius 1 is 1.07 bits per heavy atom. The zero-order valence-corrected chi connectivity index (χ0v) is 16.5. The van der Waals surface area contributed by atoms with Crippen molar-refractivity contribution in [3.05, 3.63) is 88.6 Å². The number of carbonyl (C=O) groups excluding carboxylic acids is 1. The van der Waals surface area contributed by atoms with E-state index in [1.54, 1.807) is 7.05 Å². The molecule has 1 amide bonds. The van der Waals surface area contributed by atoms with E-state index in [0.717, 1.165) is 11.0 Å². The van der Waals surface area contributed by atoms with Crippen molar-refractivity contribution in [1.29, 1.82) is 0 Å². The molecular formula is C22H21N5O3. The van der Waals surface area contributed by atoms with Crippen LogP contribution in [0, 0.1) is 0 Å². The van der Waals surface area contributed by atoms with Crippen molar-refractivity contribution in [2.45, 2.75) is 13.1 Å². The third kappa shape index (κ3) is 4.38. The highest BCUT2D eigenvalue weighted by molar-refractivity contribution is 5.91. The second-order valence-electron chi connectivity index (χ2n) is 6.80. The summed E-state index contributed by atoms with van der Waals surface area (Å²) in [6, 6.07) is 19.8.